The lowest BCUT2D eigenvalue weighted by Crippen LogP contribution is -2.25. The summed E-state index contributed by atoms with van der Waals surface area (Å²) in [6, 6.07) is 4.53. The maximum absolute atomic E-state index is 11.5. The van der Waals surface area contributed by atoms with E-state index in [0.29, 0.717) is 15.7 Å². The number of amides is 1. The van der Waals surface area contributed by atoms with Crippen LogP contribution >= 0.6 is 23.2 Å². The van der Waals surface area contributed by atoms with E-state index in [9.17, 15) is 13.2 Å². The van der Waals surface area contributed by atoms with Gasteiger partial charge in [0.1, 0.15) is 11.6 Å². The van der Waals surface area contributed by atoms with E-state index in [1.165, 1.54) is 18.2 Å². The molecule has 0 radical (unpaired) electrons. The molecule has 7 heteroatoms. The highest BCUT2D eigenvalue weighted by molar-refractivity contribution is 7.92. The molecular formula is C9H7Cl2NO3S. The van der Waals surface area contributed by atoms with Crippen molar-refractivity contribution in [2.24, 2.45) is 0 Å². The van der Waals surface area contributed by atoms with Gasteiger partial charge in [-0.25, -0.2) is 8.42 Å². The molecule has 1 saturated heterocycles. The smallest absolute Gasteiger partial charge is 0.243 e. The molecule has 1 heterocycles. The van der Waals surface area contributed by atoms with Crippen molar-refractivity contribution in [3.8, 4) is 0 Å². The Kier molecular flexibility index (Phi) is 2.86. The fraction of sp³-hybridized carbons (Fsp3) is 0.222. The van der Waals surface area contributed by atoms with Gasteiger partial charge in [0.2, 0.25) is 5.91 Å². The lowest BCUT2D eigenvalue weighted by Gasteiger charge is -2.14. The Morgan fingerprint density at radius 2 is 1.69 bits per heavy atom. The number of sulfone groups is 1. The average Bonchev–Trinajstić information content (AvgIpc) is 2.38. The Hall–Kier alpha value is -0.780. The summed E-state index contributed by atoms with van der Waals surface area (Å²) in [4.78, 5) is 12.6. The number of anilines is 1. The molecule has 0 bridgehead atoms. The maximum atomic E-state index is 11.5. The number of halogens is 2. The number of carbonyl (C=O) groups excluding carboxylic acids is 1. The standard InChI is InChI=1S/C9H7Cl2NO3S/c10-6-1-7(11)3-8(2-6)12-5-16(14,15)4-9(12)13/h1-3H,4-5H2. The number of hydrogen-bond acceptors (Lipinski definition) is 3. The molecule has 4 nitrogen and oxygen atoms in total. The second-order valence-electron chi connectivity index (χ2n) is 3.47. The monoisotopic (exact) mass is 279 g/mol. The second-order valence-corrected chi connectivity index (χ2v) is 6.37. The summed E-state index contributed by atoms with van der Waals surface area (Å²) in [5, 5.41) is 0.721. The summed E-state index contributed by atoms with van der Waals surface area (Å²) in [6.45, 7) is 0. The molecule has 0 N–H and O–H groups in total. The fourth-order valence-electron chi connectivity index (χ4n) is 1.49. The van der Waals surface area contributed by atoms with E-state index >= 15 is 0 Å². The summed E-state index contributed by atoms with van der Waals surface area (Å²) in [5.41, 5.74) is 0.406. The van der Waals surface area contributed by atoms with Crippen molar-refractivity contribution in [1.82, 2.24) is 0 Å². The average molecular weight is 280 g/mol. The molecule has 0 atom stereocenters. The van der Waals surface area contributed by atoms with E-state index in [1.807, 2.05) is 0 Å². The topological polar surface area (TPSA) is 54.5 Å². The predicted molar refractivity (Wildman–Crippen MR) is 62.6 cm³/mol. The SMILES string of the molecule is O=C1CS(=O)(=O)CN1c1cc(Cl)cc(Cl)c1. The van der Waals surface area contributed by atoms with Crippen LogP contribution in [0.5, 0.6) is 0 Å². The third-order valence-electron chi connectivity index (χ3n) is 2.13. The van der Waals surface area contributed by atoms with Crippen LogP contribution < -0.4 is 4.90 Å². The third-order valence-corrected chi connectivity index (χ3v) is 3.90. The van der Waals surface area contributed by atoms with Crippen molar-refractivity contribution in [2.45, 2.75) is 0 Å². The minimum absolute atomic E-state index is 0.317. The van der Waals surface area contributed by atoms with Crippen molar-refractivity contribution in [1.29, 1.82) is 0 Å². The largest absolute Gasteiger partial charge is 0.297 e. The van der Waals surface area contributed by atoms with Crippen molar-refractivity contribution < 1.29 is 13.2 Å². The molecule has 0 unspecified atom stereocenters. The normalized spacial score (nSPS) is 19.1. The zero-order valence-corrected chi connectivity index (χ0v) is 10.3. The lowest BCUT2D eigenvalue weighted by molar-refractivity contribution is -0.115. The Labute approximate surface area is 103 Å². The van der Waals surface area contributed by atoms with Crippen LogP contribution in [0.25, 0.3) is 0 Å². The minimum Gasteiger partial charge on any atom is -0.297 e. The van der Waals surface area contributed by atoms with Gasteiger partial charge in [-0.2, -0.15) is 0 Å². The predicted octanol–water partition coefficient (Wildman–Crippen LogP) is 1.71. The Morgan fingerprint density at radius 3 is 2.12 bits per heavy atom. The highest BCUT2D eigenvalue weighted by Crippen LogP contribution is 2.27. The summed E-state index contributed by atoms with van der Waals surface area (Å²) in [7, 11) is -3.33. The molecule has 86 valence electrons. The Morgan fingerprint density at radius 1 is 1.12 bits per heavy atom. The van der Waals surface area contributed by atoms with Crippen LogP contribution in [-0.2, 0) is 14.6 Å². The molecule has 1 fully saturated rings. The molecule has 1 aromatic carbocycles. The van der Waals surface area contributed by atoms with Crippen LogP contribution in [0.1, 0.15) is 0 Å². The molecular weight excluding hydrogens is 273 g/mol. The molecule has 0 saturated carbocycles. The lowest BCUT2D eigenvalue weighted by atomic mass is 10.3. The van der Waals surface area contributed by atoms with E-state index in [-0.39, 0.29) is 5.88 Å². The molecule has 16 heavy (non-hydrogen) atoms. The van der Waals surface area contributed by atoms with Crippen LogP contribution in [0.2, 0.25) is 10.0 Å². The van der Waals surface area contributed by atoms with Crippen LogP contribution in [0.15, 0.2) is 18.2 Å². The summed E-state index contributed by atoms with van der Waals surface area (Å²) >= 11 is 11.6. The van der Waals surface area contributed by atoms with Crippen molar-refractivity contribution >= 4 is 44.6 Å². The van der Waals surface area contributed by atoms with E-state index in [0.717, 1.165) is 4.90 Å². The van der Waals surface area contributed by atoms with Crippen molar-refractivity contribution in [3.05, 3.63) is 28.2 Å². The van der Waals surface area contributed by atoms with Crippen molar-refractivity contribution in [2.75, 3.05) is 16.5 Å². The highest BCUT2D eigenvalue weighted by Gasteiger charge is 2.34. The van der Waals surface area contributed by atoms with Gasteiger partial charge in [0.05, 0.1) is 0 Å². The molecule has 1 aromatic rings. The van der Waals surface area contributed by atoms with Crippen LogP contribution in [0.4, 0.5) is 5.69 Å². The van der Waals surface area contributed by atoms with Gasteiger partial charge in [-0.05, 0) is 18.2 Å². The molecule has 1 aliphatic rings. The highest BCUT2D eigenvalue weighted by atomic mass is 35.5. The van der Waals surface area contributed by atoms with Gasteiger partial charge in [0, 0.05) is 15.7 Å². The molecule has 1 amide bonds. The first-order chi connectivity index (χ1) is 7.37. The molecule has 1 aliphatic heterocycles. The molecule has 0 aliphatic carbocycles. The first-order valence-electron chi connectivity index (χ1n) is 4.34. The van der Waals surface area contributed by atoms with Gasteiger partial charge in [-0.15, -0.1) is 0 Å². The summed E-state index contributed by atoms with van der Waals surface area (Å²) in [5.74, 6) is -1.24. The number of hydrogen-bond donors (Lipinski definition) is 0. The fourth-order valence-corrected chi connectivity index (χ4v) is 3.32. The Bertz CT molecular complexity index is 536. The zero-order chi connectivity index (χ0) is 11.9. The van der Waals surface area contributed by atoms with Gasteiger partial charge in [0.15, 0.2) is 9.84 Å². The van der Waals surface area contributed by atoms with E-state index < -0.39 is 21.5 Å². The van der Waals surface area contributed by atoms with Gasteiger partial charge < -0.3 is 0 Å². The molecule has 0 aromatic heterocycles. The molecule has 2 rings (SSSR count). The number of nitrogens with zero attached hydrogens (tertiary/aromatic N) is 1. The quantitative estimate of drug-likeness (QED) is 0.787. The van der Waals surface area contributed by atoms with Gasteiger partial charge in [-0.1, -0.05) is 23.2 Å². The van der Waals surface area contributed by atoms with Crippen molar-refractivity contribution in [3.63, 3.8) is 0 Å². The van der Waals surface area contributed by atoms with Crippen LogP contribution in [0.3, 0.4) is 0 Å². The number of carbonyl (C=O) groups is 1. The zero-order valence-electron chi connectivity index (χ0n) is 7.98. The number of rotatable bonds is 1. The maximum Gasteiger partial charge on any atom is 0.243 e. The minimum atomic E-state index is -3.33. The van der Waals surface area contributed by atoms with Gasteiger partial charge in [0.25, 0.3) is 0 Å². The van der Waals surface area contributed by atoms with Gasteiger partial charge >= 0.3 is 0 Å². The van der Waals surface area contributed by atoms with E-state index in [2.05, 4.69) is 0 Å². The van der Waals surface area contributed by atoms with E-state index in [1.54, 1.807) is 0 Å². The van der Waals surface area contributed by atoms with Gasteiger partial charge in [-0.3, -0.25) is 9.69 Å². The third kappa shape index (κ3) is 2.31. The van der Waals surface area contributed by atoms with E-state index in [4.69, 9.17) is 23.2 Å². The first-order valence-corrected chi connectivity index (χ1v) is 6.92. The summed E-state index contributed by atoms with van der Waals surface area (Å²) < 4.78 is 22.5. The van der Waals surface area contributed by atoms with Crippen LogP contribution in [-0.4, -0.2) is 26.0 Å². The first kappa shape index (κ1) is 11.7. The molecule has 0 spiro atoms. The summed E-state index contributed by atoms with van der Waals surface area (Å²) in [6.07, 6.45) is 0. The van der Waals surface area contributed by atoms with Crippen LogP contribution in [0, 0.1) is 0 Å². The second kappa shape index (κ2) is 3.91. The Balaban J connectivity index is 2.42. The number of benzene rings is 1.